The first kappa shape index (κ1) is 17.9. The number of thiophene rings is 1. The van der Waals surface area contributed by atoms with Gasteiger partial charge >= 0.3 is 0 Å². The van der Waals surface area contributed by atoms with E-state index in [0.29, 0.717) is 12.5 Å². The first-order chi connectivity index (χ1) is 11.7. The molecule has 0 bridgehead atoms. The van der Waals surface area contributed by atoms with Gasteiger partial charge < -0.3 is 14.9 Å². The van der Waals surface area contributed by atoms with Gasteiger partial charge in [-0.2, -0.15) is 0 Å². The summed E-state index contributed by atoms with van der Waals surface area (Å²) in [5.41, 5.74) is 0. The Hall–Kier alpha value is -0.910. The highest BCUT2D eigenvalue weighted by Gasteiger charge is 2.36. The lowest BCUT2D eigenvalue weighted by molar-refractivity contribution is 0.0784. The third kappa shape index (κ3) is 4.19. The lowest BCUT2D eigenvalue weighted by atomic mass is 9.96. The molecule has 24 heavy (non-hydrogen) atoms. The minimum atomic E-state index is 0.150. The van der Waals surface area contributed by atoms with Crippen molar-refractivity contribution in [1.82, 2.24) is 9.80 Å². The molecule has 3 rings (SSSR count). The molecule has 2 fully saturated rings. The molecule has 0 aromatic carbocycles. The highest BCUT2D eigenvalue weighted by Crippen LogP contribution is 2.28. The summed E-state index contributed by atoms with van der Waals surface area (Å²) in [5, 5.41) is 9.78. The summed E-state index contributed by atoms with van der Waals surface area (Å²) < 4.78 is 0. The molecule has 1 aromatic heterocycles. The molecule has 0 unspecified atom stereocenters. The molecule has 134 valence electrons. The average molecular weight is 351 g/mol. The van der Waals surface area contributed by atoms with Crippen LogP contribution in [0.3, 0.4) is 0 Å². The third-order valence-electron chi connectivity index (χ3n) is 5.51. The lowest BCUT2D eigenvalue weighted by Crippen LogP contribution is -2.35. The van der Waals surface area contributed by atoms with E-state index in [9.17, 15) is 9.90 Å². The van der Waals surface area contributed by atoms with Crippen molar-refractivity contribution in [1.29, 1.82) is 0 Å². The Morgan fingerprint density at radius 2 is 1.88 bits per heavy atom. The molecule has 2 aliphatic heterocycles. The smallest absolute Gasteiger partial charge is 0.263 e. The molecule has 0 spiro atoms. The monoisotopic (exact) mass is 350 g/mol. The number of likely N-dealkylation sites (tertiary alicyclic amines) is 2. The fourth-order valence-corrected chi connectivity index (χ4v) is 4.92. The van der Waals surface area contributed by atoms with Crippen molar-refractivity contribution in [3.8, 4) is 0 Å². The van der Waals surface area contributed by atoms with Crippen LogP contribution in [0.2, 0.25) is 0 Å². The molecule has 1 aromatic rings. The summed E-state index contributed by atoms with van der Waals surface area (Å²) in [7, 11) is 0. The molecule has 3 heterocycles. The molecule has 5 heteroatoms. The summed E-state index contributed by atoms with van der Waals surface area (Å²) >= 11 is 1.61. The fraction of sp³-hybridized carbons (Fsp3) is 0.737. The largest absolute Gasteiger partial charge is 0.396 e. The number of aliphatic hydroxyl groups excluding tert-OH is 1. The van der Waals surface area contributed by atoms with Gasteiger partial charge in [0.05, 0.1) is 4.88 Å². The van der Waals surface area contributed by atoms with E-state index in [1.54, 1.807) is 11.3 Å². The zero-order valence-corrected chi connectivity index (χ0v) is 15.6. The molecular formula is C19H30N2O2S. The van der Waals surface area contributed by atoms with E-state index in [-0.39, 0.29) is 18.4 Å². The van der Waals surface area contributed by atoms with Crippen LogP contribution >= 0.6 is 11.3 Å². The van der Waals surface area contributed by atoms with Gasteiger partial charge in [0.2, 0.25) is 0 Å². The van der Waals surface area contributed by atoms with E-state index in [1.165, 1.54) is 43.6 Å². The highest BCUT2D eigenvalue weighted by molar-refractivity contribution is 7.14. The Balaban J connectivity index is 1.61. The molecule has 4 nitrogen and oxygen atoms in total. The Morgan fingerprint density at radius 3 is 2.50 bits per heavy atom. The number of nitrogens with zero attached hydrogens (tertiary/aromatic N) is 2. The van der Waals surface area contributed by atoms with Crippen LogP contribution in [-0.2, 0) is 6.42 Å². The highest BCUT2D eigenvalue weighted by atomic mass is 32.1. The molecule has 1 amide bonds. The second-order valence-electron chi connectivity index (χ2n) is 7.25. The summed E-state index contributed by atoms with van der Waals surface area (Å²) in [5.74, 6) is 0.780. The number of carbonyl (C=O) groups excluding carboxylic acids is 1. The van der Waals surface area contributed by atoms with Crippen LogP contribution in [0.5, 0.6) is 0 Å². The number of aliphatic hydroxyl groups is 1. The normalized spacial score (nSPS) is 25.8. The van der Waals surface area contributed by atoms with E-state index in [0.717, 1.165) is 24.4 Å². The van der Waals surface area contributed by atoms with Gasteiger partial charge in [0.15, 0.2) is 0 Å². The first-order valence-corrected chi connectivity index (χ1v) is 10.2. The van der Waals surface area contributed by atoms with Crippen molar-refractivity contribution in [2.24, 2.45) is 11.8 Å². The maximum atomic E-state index is 12.8. The molecule has 0 radical (unpaired) electrons. The molecule has 2 aliphatic rings. The number of hydrogen-bond acceptors (Lipinski definition) is 4. The van der Waals surface area contributed by atoms with Crippen LogP contribution in [0.15, 0.2) is 12.1 Å². The third-order valence-corrected chi connectivity index (χ3v) is 6.73. The minimum Gasteiger partial charge on any atom is -0.396 e. The number of aryl methyl sites for hydroxylation is 1. The summed E-state index contributed by atoms with van der Waals surface area (Å²) in [4.78, 5) is 19.4. The first-order valence-electron chi connectivity index (χ1n) is 9.42. The molecule has 0 saturated carbocycles. The lowest BCUT2D eigenvalue weighted by Gasteiger charge is -2.26. The quantitative estimate of drug-likeness (QED) is 0.888. The zero-order valence-electron chi connectivity index (χ0n) is 14.7. The van der Waals surface area contributed by atoms with Crippen LogP contribution in [0.25, 0.3) is 0 Å². The maximum Gasteiger partial charge on any atom is 0.263 e. The van der Waals surface area contributed by atoms with Crippen LogP contribution in [0.4, 0.5) is 0 Å². The molecular weight excluding hydrogens is 320 g/mol. The van der Waals surface area contributed by atoms with Gasteiger partial charge in [-0.1, -0.05) is 19.8 Å². The van der Waals surface area contributed by atoms with Gasteiger partial charge in [-0.15, -0.1) is 11.3 Å². The topological polar surface area (TPSA) is 43.8 Å². The van der Waals surface area contributed by atoms with Crippen molar-refractivity contribution in [3.05, 3.63) is 21.9 Å². The molecule has 0 aliphatic carbocycles. The van der Waals surface area contributed by atoms with Gasteiger partial charge in [-0.25, -0.2) is 0 Å². The second kappa shape index (κ2) is 8.45. The van der Waals surface area contributed by atoms with Gasteiger partial charge in [0.1, 0.15) is 0 Å². The maximum absolute atomic E-state index is 12.8. The SMILES string of the molecule is CCc1ccc(C(=O)N2C[C@@H](CN3CCCCCC3)[C@@H](CO)C2)s1. The standard InChI is InChI=1S/C19H30N2O2S/c1-2-17-7-8-18(24-17)19(23)21-12-15(16(13-21)14-22)11-20-9-5-3-4-6-10-20/h7-8,15-16,22H,2-6,9-14H2,1H3/t15-,16-/m1/s1. The Kier molecular flexibility index (Phi) is 6.31. The van der Waals surface area contributed by atoms with E-state index in [2.05, 4.69) is 17.9 Å². The van der Waals surface area contributed by atoms with Crippen molar-refractivity contribution < 1.29 is 9.90 Å². The molecule has 1 N–H and O–H groups in total. The summed E-state index contributed by atoms with van der Waals surface area (Å²) in [6.45, 7) is 7.18. The number of rotatable bonds is 5. The van der Waals surface area contributed by atoms with Gasteiger partial charge in [0.25, 0.3) is 5.91 Å². The average Bonchev–Trinajstić information content (AvgIpc) is 3.16. The van der Waals surface area contributed by atoms with Gasteiger partial charge in [0, 0.05) is 37.0 Å². The Bertz CT molecular complexity index is 537. The molecule has 2 saturated heterocycles. The van der Waals surface area contributed by atoms with Crippen LogP contribution < -0.4 is 0 Å². The van der Waals surface area contributed by atoms with Crippen molar-refractivity contribution >= 4 is 17.2 Å². The van der Waals surface area contributed by atoms with Crippen LogP contribution in [0.1, 0.15) is 47.2 Å². The fourth-order valence-electron chi connectivity index (χ4n) is 4.01. The van der Waals surface area contributed by atoms with Crippen LogP contribution in [-0.4, -0.2) is 60.1 Å². The number of carbonyl (C=O) groups is 1. The summed E-state index contributed by atoms with van der Waals surface area (Å²) in [6, 6.07) is 4.02. The van der Waals surface area contributed by atoms with E-state index < -0.39 is 0 Å². The summed E-state index contributed by atoms with van der Waals surface area (Å²) in [6.07, 6.45) is 6.23. The van der Waals surface area contributed by atoms with Crippen molar-refractivity contribution in [2.75, 3.05) is 39.3 Å². The predicted molar refractivity (Wildman–Crippen MR) is 98.6 cm³/mol. The van der Waals surface area contributed by atoms with E-state index in [4.69, 9.17) is 0 Å². The predicted octanol–water partition coefficient (Wildman–Crippen LogP) is 2.87. The van der Waals surface area contributed by atoms with E-state index in [1.807, 2.05) is 11.0 Å². The Labute approximate surface area is 149 Å². The minimum absolute atomic E-state index is 0.150. The zero-order chi connectivity index (χ0) is 16.9. The van der Waals surface area contributed by atoms with E-state index >= 15 is 0 Å². The molecule has 2 atom stereocenters. The van der Waals surface area contributed by atoms with Gasteiger partial charge in [-0.3, -0.25) is 4.79 Å². The van der Waals surface area contributed by atoms with Crippen molar-refractivity contribution in [2.45, 2.75) is 39.0 Å². The number of amides is 1. The van der Waals surface area contributed by atoms with Crippen LogP contribution in [0, 0.1) is 11.8 Å². The Morgan fingerprint density at radius 1 is 1.17 bits per heavy atom. The second-order valence-corrected chi connectivity index (χ2v) is 8.42. The van der Waals surface area contributed by atoms with Gasteiger partial charge in [-0.05, 0) is 50.4 Å². The van der Waals surface area contributed by atoms with Crippen molar-refractivity contribution in [3.63, 3.8) is 0 Å². The number of hydrogen-bond donors (Lipinski definition) is 1.